The minimum absolute atomic E-state index is 0.138. The molecule has 104 valence electrons. The van der Waals surface area contributed by atoms with Gasteiger partial charge < -0.3 is 14.6 Å². The molecule has 1 N–H and O–H groups in total. The van der Waals surface area contributed by atoms with Crippen molar-refractivity contribution in [2.24, 2.45) is 0 Å². The molecule has 0 spiro atoms. The molecule has 0 radical (unpaired) electrons. The second-order valence-corrected chi connectivity index (χ2v) is 4.77. The fourth-order valence-electron chi connectivity index (χ4n) is 2.22. The van der Waals surface area contributed by atoms with Gasteiger partial charge in [-0.2, -0.15) is 0 Å². The van der Waals surface area contributed by atoms with Crippen molar-refractivity contribution in [3.63, 3.8) is 0 Å². The van der Waals surface area contributed by atoms with E-state index in [4.69, 9.17) is 4.74 Å². The zero-order chi connectivity index (χ0) is 13.5. The fraction of sp³-hybridized carbons (Fsp3) is 0.571. The molecule has 1 saturated heterocycles. The summed E-state index contributed by atoms with van der Waals surface area (Å²) in [6.45, 7) is 2.17. The first-order chi connectivity index (χ1) is 9.27. The molecule has 1 aromatic rings. The monoisotopic (exact) mass is 264 g/mol. The van der Waals surface area contributed by atoms with E-state index in [1.165, 1.54) is 18.7 Å². The first-order valence-electron chi connectivity index (χ1n) is 6.85. The predicted octanol–water partition coefficient (Wildman–Crippen LogP) is 1.55. The Bertz CT molecular complexity index is 464. The van der Waals surface area contributed by atoms with Crippen LogP contribution in [0, 0.1) is 0 Å². The number of hydrogen-bond donors (Lipinski definition) is 1. The molecule has 0 bridgehead atoms. The Morgan fingerprint density at radius 3 is 2.84 bits per heavy atom. The van der Waals surface area contributed by atoms with E-state index in [1.54, 1.807) is 6.20 Å². The molecular weight excluding hydrogens is 244 g/mol. The standard InChI is InChI=1S/C14H20N2O3/c17-12-6-7-15-11-13(12)19-10-4-5-14(18)16-8-2-1-3-9-16/h6-7,11H,1-5,8-10H2,(H,15,17). The van der Waals surface area contributed by atoms with Gasteiger partial charge in [0, 0.05) is 38.0 Å². The summed E-state index contributed by atoms with van der Waals surface area (Å²) in [6.07, 6.45) is 7.69. The van der Waals surface area contributed by atoms with Crippen molar-refractivity contribution in [2.75, 3.05) is 19.7 Å². The molecule has 1 aromatic heterocycles. The highest BCUT2D eigenvalue weighted by Gasteiger charge is 2.15. The number of H-pyrrole nitrogens is 1. The molecule has 1 fully saturated rings. The van der Waals surface area contributed by atoms with Gasteiger partial charge in [-0.15, -0.1) is 0 Å². The number of carbonyl (C=O) groups is 1. The second-order valence-electron chi connectivity index (χ2n) is 4.77. The number of piperidine rings is 1. The van der Waals surface area contributed by atoms with Crippen LogP contribution in [-0.2, 0) is 4.79 Å². The summed E-state index contributed by atoms with van der Waals surface area (Å²) in [7, 11) is 0. The highest BCUT2D eigenvalue weighted by atomic mass is 16.5. The Morgan fingerprint density at radius 1 is 1.32 bits per heavy atom. The van der Waals surface area contributed by atoms with Gasteiger partial charge >= 0.3 is 0 Å². The number of aromatic nitrogens is 1. The molecule has 1 amide bonds. The molecule has 0 atom stereocenters. The normalized spacial score (nSPS) is 15.3. The van der Waals surface area contributed by atoms with E-state index in [1.807, 2.05) is 4.90 Å². The minimum Gasteiger partial charge on any atom is -0.488 e. The Morgan fingerprint density at radius 2 is 2.11 bits per heavy atom. The van der Waals surface area contributed by atoms with Gasteiger partial charge in [-0.3, -0.25) is 9.59 Å². The van der Waals surface area contributed by atoms with Crippen LogP contribution in [0.1, 0.15) is 32.1 Å². The van der Waals surface area contributed by atoms with Gasteiger partial charge in [-0.1, -0.05) is 0 Å². The molecular formula is C14H20N2O3. The average Bonchev–Trinajstić information content (AvgIpc) is 2.46. The van der Waals surface area contributed by atoms with Crippen molar-refractivity contribution in [1.82, 2.24) is 9.88 Å². The van der Waals surface area contributed by atoms with Crippen LogP contribution in [0.15, 0.2) is 23.3 Å². The molecule has 1 aliphatic rings. The molecule has 19 heavy (non-hydrogen) atoms. The van der Waals surface area contributed by atoms with Crippen LogP contribution in [0.4, 0.5) is 0 Å². The fourth-order valence-corrected chi connectivity index (χ4v) is 2.22. The van der Waals surface area contributed by atoms with Crippen molar-refractivity contribution >= 4 is 5.91 Å². The number of nitrogens with one attached hydrogen (secondary N) is 1. The van der Waals surface area contributed by atoms with E-state index in [0.29, 0.717) is 25.2 Å². The summed E-state index contributed by atoms with van der Waals surface area (Å²) >= 11 is 0. The van der Waals surface area contributed by atoms with Crippen LogP contribution in [-0.4, -0.2) is 35.5 Å². The topological polar surface area (TPSA) is 62.4 Å². The summed E-state index contributed by atoms with van der Waals surface area (Å²) in [5.41, 5.74) is -0.138. The molecule has 0 unspecified atom stereocenters. The zero-order valence-corrected chi connectivity index (χ0v) is 11.1. The van der Waals surface area contributed by atoms with Gasteiger partial charge in [0.1, 0.15) is 0 Å². The zero-order valence-electron chi connectivity index (χ0n) is 11.1. The van der Waals surface area contributed by atoms with Crippen LogP contribution in [0.5, 0.6) is 5.75 Å². The molecule has 5 nitrogen and oxygen atoms in total. The van der Waals surface area contributed by atoms with E-state index in [-0.39, 0.29) is 11.3 Å². The predicted molar refractivity (Wildman–Crippen MR) is 72.2 cm³/mol. The maximum atomic E-state index is 11.9. The van der Waals surface area contributed by atoms with Gasteiger partial charge in [0.15, 0.2) is 5.75 Å². The van der Waals surface area contributed by atoms with Crippen molar-refractivity contribution < 1.29 is 9.53 Å². The van der Waals surface area contributed by atoms with Crippen LogP contribution in [0.3, 0.4) is 0 Å². The quantitative estimate of drug-likeness (QED) is 0.821. The van der Waals surface area contributed by atoms with Crippen molar-refractivity contribution in [3.8, 4) is 5.75 Å². The third-order valence-corrected chi connectivity index (χ3v) is 3.29. The van der Waals surface area contributed by atoms with Gasteiger partial charge in [0.2, 0.25) is 11.3 Å². The lowest BCUT2D eigenvalue weighted by atomic mass is 10.1. The number of rotatable bonds is 5. The molecule has 2 rings (SSSR count). The van der Waals surface area contributed by atoms with Gasteiger partial charge in [0.25, 0.3) is 0 Å². The van der Waals surface area contributed by atoms with Crippen molar-refractivity contribution in [1.29, 1.82) is 0 Å². The van der Waals surface area contributed by atoms with Crippen LogP contribution >= 0.6 is 0 Å². The third kappa shape index (κ3) is 4.12. The molecule has 0 aromatic carbocycles. The van der Waals surface area contributed by atoms with Crippen LogP contribution in [0.25, 0.3) is 0 Å². The lowest BCUT2D eigenvalue weighted by Gasteiger charge is -2.26. The van der Waals surface area contributed by atoms with Gasteiger partial charge in [0.05, 0.1) is 6.61 Å². The van der Waals surface area contributed by atoms with Gasteiger partial charge in [-0.25, -0.2) is 0 Å². The lowest BCUT2D eigenvalue weighted by molar-refractivity contribution is -0.132. The van der Waals surface area contributed by atoms with E-state index in [2.05, 4.69) is 4.98 Å². The molecule has 0 aliphatic carbocycles. The van der Waals surface area contributed by atoms with E-state index >= 15 is 0 Å². The Labute approximate surface area is 112 Å². The van der Waals surface area contributed by atoms with E-state index in [9.17, 15) is 9.59 Å². The lowest BCUT2D eigenvalue weighted by Crippen LogP contribution is -2.35. The van der Waals surface area contributed by atoms with E-state index < -0.39 is 0 Å². The molecule has 5 heteroatoms. The number of hydrogen-bond acceptors (Lipinski definition) is 3. The second kappa shape index (κ2) is 6.97. The van der Waals surface area contributed by atoms with Crippen molar-refractivity contribution in [2.45, 2.75) is 32.1 Å². The SMILES string of the molecule is O=C(CCCOc1c[nH]ccc1=O)N1CCCCC1. The van der Waals surface area contributed by atoms with Crippen LogP contribution < -0.4 is 10.2 Å². The average molecular weight is 264 g/mol. The van der Waals surface area contributed by atoms with Crippen molar-refractivity contribution in [3.05, 3.63) is 28.7 Å². The number of pyridine rings is 1. The van der Waals surface area contributed by atoms with Crippen LogP contribution in [0.2, 0.25) is 0 Å². The molecule has 0 saturated carbocycles. The minimum atomic E-state index is -0.138. The van der Waals surface area contributed by atoms with Gasteiger partial charge in [-0.05, 0) is 25.7 Å². The van der Waals surface area contributed by atoms with E-state index in [0.717, 1.165) is 25.9 Å². The number of carbonyl (C=O) groups excluding carboxylic acids is 1. The molecule has 2 heterocycles. The maximum absolute atomic E-state index is 11.9. The number of nitrogens with zero attached hydrogens (tertiary/aromatic N) is 1. The summed E-state index contributed by atoms with van der Waals surface area (Å²) in [5, 5.41) is 0. The first kappa shape index (κ1) is 13.6. The highest BCUT2D eigenvalue weighted by molar-refractivity contribution is 5.76. The third-order valence-electron chi connectivity index (χ3n) is 3.29. The smallest absolute Gasteiger partial charge is 0.223 e. The Kier molecular flexibility index (Phi) is 5.01. The largest absolute Gasteiger partial charge is 0.488 e. The highest BCUT2D eigenvalue weighted by Crippen LogP contribution is 2.10. The Hall–Kier alpha value is -1.78. The first-order valence-corrected chi connectivity index (χ1v) is 6.85. The number of ether oxygens (including phenoxy) is 1. The summed E-state index contributed by atoms with van der Waals surface area (Å²) in [6, 6.07) is 1.42. The molecule has 1 aliphatic heterocycles. The number of aromatic amines is 1. The Balaban J connectivity index is 1.68. The maximum Gasteiger partial charge on any atom is 0.223 e. The summed E-state index contributed by atoms with van der Waals surface area (Å²) in [4.78, 5) is 28.0. The number of likely N-dealkylation sites (tertiary alicyclic amines) is 1. The number of amides is 1. The summed E-state index contributed by atoms with van der Waals surface area (Å²) < 4.78 is 5.36. The summed E-state index contributed by atoms with van der Waals surface area (Å²) in [5.74, 6) is 0.512.